The third kappa shape index (κ3) is 59.3. The van der Waals surface area contributed by atoms with Crippen LogP contribution >= 0.6 is 0 Å². The Labute approximate surface area is 450 Å². The van der Waals surface area contributed by atoms with Crippen LogP contribution in [0.4, 0.5) is 0 Å². The van der Waals surface area contributed by atoms with Gasteiger partial charge in [-0.05, 0) is 19.3 Å². The van der Waals surface area contributed by atoms with Gasteiger partial charge in [0.25, 0.3) is 0 Å². The second-order valence-electron chi connectivity index (χ2n) is 22.8. The van der Waals surface area contributed by atoms with E-state index in [9.17, 15) is 14.4 Å². The lowest BCUT2D eigenvalue weighted by Gasteiger charge is -2.18. The van der Waals surface area contributed by atoms with Crippen molar-refractivity contribution in [3.63, 3.8) is 0 Å². The van der Waals surface area contributed by atoms with E-state index >= 15 is 0 Å². The molecule has 0 saturated carbocycles. The van der Waals surface area contributed by atoms with Gasteiger partial charge in [-0.2, -0.15) is 0 Å². The molecule has 0 heterocycles. The number of hydrogen-bond acceptors (Lipinski definition) is 6. The number of hydrogen-bond donors (Lipinski definition) is 0. The summed E-state index contributed by atoms with van der Waals surface area (Å²) in [5, 5.41) is 0. The maximum absolute atomic E-state index is 12.9. The van der Waals surface area contributed by atoms with Crippen LogP contribution < -0.4 is 0 Å². The normalized spacial score (nSPS) is 11.9. The maximum atomic E-state index is 12.9. The summed E-state index contributed by atoms with van der Waals surface area (Å²) in [7, 11) is 0. The summed E-state index contributed by atoms with van der Waals surface area (Å²) in [6.45, 7) is 6.73. The standard InChI is InChI=1S/C66H128O6/c1-4-7-10-13-16-19-22-25-28-30-31-32-33-34-35-36-37-39-41-44-47-50-53-56-59-65(68)71-62-63(61-70-64(67)58-55-52-49-46-43-40-27-24-21-18-15-12-9-6-3)72-66(69)60-57-54-51-48-45-42-38-29-26-23-20-17-14-11-8-5-2/h63H,4-62H2,1-3H3. The van der Waals surface area contributed by atoms with Gasteiger partial charge >= 0.3 is 17.9 Å². The molecule has 0 rings (SSSR count). The summed E-state index contributed by atoms with van der Waals surface area (Å²) in [5.74, 6) is -0.824. The van der Waals surface area contributed by atoms with Crippen molar-refractivity contribution < 1.29 is 28.6 Å². The minimum atomic E-state index is -0.762. The fourth-order valence-electron chi connectivity index (χ4n) is 10.4. The third-order valence-electron chi connectivity index (χ3n) is 15.4. The lowest BCUT2D eigenvalue weighted by molar-refractivity contribution is -0.167. The first-order valence-electron chi connectivity index (χ1n) is 33.0. The van der Waals surface area contributed by atoms with Gasteiger partial charge in [0.2, 0.25) is 0 Å². The Balaban J connectivity index is 4.20. The number of unbranched alkanes of at least 4 members (excludes halogenated alkanes) is 51. The molecular weight excluding hydrogens is 889 g/mol. The van der Waals surface area contributed by atoms with Crippen molar-refractivity contribution in [2.45, 2.75) is 393 Å². The van der Waals surface area contributed by atoms with E-state index in [0.29, 0.717) is 19.3 Å². The van der Waals surface area contributed by atoms with Crippen LogP contribution in [0.1, 0.15) is 387 Å². The fraction of sp³-hybridized carbons (Fsp3) is 0.955. The van der Waals surface area contributed by atoms with Gasteiger partial charge < -0.3 is 14.2 Å². The molecule has 1 unspecified atom stereocenters. The molecular formula is C66H128O6. The Morgan fingerprint density at radius 3 is 0.556 bits per heavy atom. The topological polar surface area (TPSA) is 78.9 Å². The molecule has 0 amide bonds. The summed E-state index contributed by atoms with van der Waals surface area (Å²) < 4.78 is 17.0. The minimum absolute atomic E-state index is 0.0604. The fourth-order valence-corrected chi connectivity index (χ4v) is 10.4. The first-order chi connectivity index (χ1) is 35.5. The van der Waals surface area contributed by atoms with Gasteiger partial charge in [0.15, 0.2) is 6.10 Å². The van der Waals surface area contributed by atoms with Gasteiger partial charge in [-0.25, -0.2) is 0 Å². The Hall–Kier alpha value is -1.59. The van der Waals surface area contributed by atoms with Crippen molar-refractivity contribution in [2.24, 2.45) is 0 Å². The molecule has 0 radical (unpaired) electrons. The van der Waals surface area contributed by atoms with Crippen molar-refractivity contribution in [3.8, 4) is 0 Å². The molecule has 0 spiro atoms. The van der Waals surface area contributed by atoms with Crippen LogP contribution in [0.15, 0.2) is 0 Å². The number of esters is 3. The van der Waals surface area contributed by atoms with Crippen molar-refractivity contribution >= 4 is 17.9 Å². The largest absolute Gasteiger partial charge is 0.462 e. The van der Waals surface area contributed by atoms with Crippen molar-refractivity contribution in [1.29, 1.82) is 0 Å². The molecule has 0 aromatic rings. The Kier molecular flexibility index (Phi) is 60.6. The quantitative estimate of drug-likeness (QED) is 0.0343. The molecule has 0 aromatic carbocycles. The molecule has 0 aliphatic heterocycles. The van der Waals surface area contributed by atoms with Crippen LogP contribution in [0.2, 0.25) is 0 Å². The van der Waals surface area contributed by atoms with E-state index in [2.05, 4.69) is 20.8 Å². The average molecular weight is 1020 g/mol. The third-order valence-corrected chi connectivity index (χ3v) is 15.4. The molecule has 0 aliphatic rings. The van der Waals surface area contributed by atoms with E-state index in [0.717, 1.165) is 57.8 Å². The number of rotatable bonds is 62. The van der Waals surface area contributed by atoms with E-state index in [1.54, 1.807) is 0 Å². The van der Waals surface area contributed by atoms with Gasteiger partial charge in [0.05, 0.1) is 0 Å². The van der Waals surface area contributed by atoms with Crippen molar-refractivity contribution in [3.05, 3.63) is 0 Å². The highest BCUT2D eigenvalue weighted by Crippen LogP contribution is 2.19. The van der Waals surface area contributed by atoms with Crippen LogP contribution in [0.3, 0.4) is 0 Å². The molecule has 0 fully saturated rings. The molecule has 0 N–H and O–H groups in total. The minimum Gasteiger partial charge on any atom is -0.462 e. The van der Waals surface area contributed by atoms with Gasteiger partial charge in [-0.15, -0.1) is 0 Å². The Morgan fingerprint density at radius 1 is 0.222 bits per heavy atom. The summed E-state index contributed by atoms with van der Waals surface area (Å²) in [6, 6.07) is 0. The first kappa shape index (κ1) is 70.4. The smallest absolute Gasteiger partial charge is 0.306 e. The van der Waals surface area contributed by atoms with Crippen LogP contribution in [-0.4, -0.2) is 37.2 Å². The molecule has 72 heavy (non-hydrogen) atoms. The average Bonchev–Trinajstić information content (AvgIpc) is 3.38. The molecule has 0 aliphatic carbocycles. The molecule has 0 aromatic heterocycles. The molecule has 0 saturated heterocycles. The zero-order valence-electron chi connectivity index (χ0n) is 49.2. The Bertz CT molecular complexity index is 1080. The summed E-state index contributed by atoms with van der Waals surface area (Å²) >= 11 is 0. The van der Waals surface area contributed by atoms with Crippen LogP contribution in [-0.2, 0) is 28.6 Å². The number of carbonyl (C=O) groups excluding carboxylic acids is 3. The van der Waals surface area contributed by atoms with Crippen LogP contribution in [0.25, 0.3) is 0 Å². The monoisotopic (exact) mass is 1020 g/mol. The second kappa shape index (κ2) is 62.0. The van der Waals surface area contributed by atoms with E-state index in [1.807, 2.05) is 0 Å². The molecule has 1 atom stereocenters. The Morgan fingerprint density at radius 2 is 0.375 bits per heavy atom. The van der Waals surface area contributed by atoms with E-state index in [-0.39, 0.29) is 31.1 Å². The van der Waals surface area contributed by atoms with E-state index in [1.165, 1.54) is 289 Å². The number of ether oxygens (including phenoxy) is 3. The zero-order chi connectivity index (χ0) is 52.2. The SMILES string of the molecule is CCCCCCCCCCCCCCCCCCCCCCCCCCC(=O)OCC(COC(=O)CCCCCCCCCCCCCCCC)OC(=O)CCCCCCCCCCCCCCCCCC. The van der Waals surface area contributed by atoms with Gasteiger partial charge in [0.1, 0.15) is 13.2 Å². The lowest BCUT2D eigenvalue weighted by Crippen LogP contribution is -2.30. The summed E-state index contributed by atoms with van der Waals surface area (Å²) in [4.78, 5) is 38.3. The molecule has 428 valence electrons. The molecule has 6 heteroatoms. The number of carbonyl (C=O) groups is 3. The highest BCUT2D eigenvalue weighted by Gasteiger charge is 2.19. The van der Waals surface area contributed by atoms with Crippen LogP contribution in [0, 0.1) is 0 Å². The highest BCUT2D eigenvalue weighted by atomic mass is 16.6. The van der Waals surface area contributed by atoms with E-state index in [4.69, 9.17) is 14.2 Å². The highest BCUT2D eigenvalue weighted by molar-refractivity contribution is 5.71. The predicted octanol–water partition coefficient (Wildman–Crippen LogP) is 22.3. The van der Waals surface area contributed by atoms with Gasteiger partial charge in [-0.1, -0.05) is 348 Å². The second-order valence-corrected chi connectivity index (χ2v) is 22.8. The van der Waals surface area contributed by atoms with Gasteiger partial charge in [0, 0.05) is 19.3 Å². The van der Waals surface area contributed by atoms with Crippen molar-refractivity contribution in [2.75, 3.05) is 13.2 Å². The molecule has 6 nitrogen and oxygen atoms in total. The predicted molar refractivity (Wildman–Crippen MR) is 312 cm³/mol. The lowest BCUT2D eigenvalue weighted by atomic mass is 10.0. The zero-order valence-corrected chi connectivity index (χ0v) is 49.2. The summed E-state index contributed by atoms with van der Waals surface area (Å²) in [5.41, 5.74) is 0. The van der Waals surface area contributed by atoms with Gasteiger partial charge in [-0.3, -0.25) is 14.4 Å². The summed E-state index contributed by atoms with van der Waals surface area (Å²) in [6.07, 6.45) is 71.2. The molecule has 0 bridgehead atoms. The maximum Gasteiger partial charge on any atom is 0.306 e. The van der Waals surface area contributed by atoms with Crippen LogP contribution in [0.5, 0.6) is 0 Å². The van der Waals surface area contributed by atoms with E-state index < -0.39 is 6.10 Å². The first-order valence-corrected chi connectivity index (χ1v) is 33.0. The van der Waals surface area contributed by atoms with Crippen molar-refractivity contribution in [1.82, 2.24) is 0 Å².